The Kier molecular flexibility index (Phi) is 4.65. The highest BCUT2D eigenvalue weighted by molar-refractivity contribution is 5.82. The van der Waals surface area contributed by atoms with Gasteiger partial charge in [0, 0.05) is 26.2 Å². The third kappa shape index (κ3) is 4.04. The maximum absolute atomic E-state index is 12.7. The molecule has 98 valence electrons. The minimum Gasteiger partial charge on any atom is -0.480 e. The number of nitrogens with zero attached hydrogens (tertiary/aromatic N) is 1. The lowest BCUT2D eigenvalue weighted by atomic mass is 10.2. The summed E-state index contributed by atoms with van der Waals surface area (Å²) in [7, 11) is 1.67. The second-order valence-electron chi connectivity index (χ2n) is 3.95. The Bertz CT molecular complexity index is 433. The molecule has 6 heteroatoms. The average molecular weight is 254 g/mol. The maximum Gasteiger partial charge on any atom is 0.328 e. The molecule has 0 aliphatic rings. The molecule has 1 aromatic carbocycles. The summed E-state index contributed by atoms with van der Waals surface area (Å²) in [5.74, 6) is -1.88. The molecule has 0 saturated carbocycles. The summed E-state index contributed by atoms with van der Waals surface area (Å²) in [5, 5.41) is 11.3. The summed E-state index contributed by atoms with van der Waals surface area (Å²) < 4.78 is 12.7. The van der Waals surface area contributed by atoms with E-state index >= 15 is 0 Å². The number of aliphatic carboxylic acids is 1. The molecule has 1 amide bonds. The van der Waals surface area contributed by atoms with Gasteiger partial charge in [-0.25, -0.2) is 9.18 Å². The molecule has 1 unspecified atom stereocenters. The number of anilines is 1. The van der Waals surface area contributed by atoms with Crippen molar-refractivity contribution in [3.05, 3.63) is 30.1 Å². The SMILES string of the molecule is CC(=O)NC(CN(C)c1ccc(F)cc1)C(=O)O. The molecule has 0 aromatic heterocycles. The van der Waals surface area contributed by atoms with Crippen LogP contribution in [0.15, 0.2) is 24.3 Å². The highest BCUT2D eigenvalue weighted by Gasteiger charge is 2.20. The second-order valence-corrected chi connectivity index (χ2v) is 3.95. The van der Waals surface area contributed by atoms with E-state index in [1.807, 2.05) is 0 Å². The van der Waals surface area contributed by atoms with Crippen LogP contribution in [-0.2, 0) is 9.59 Å². The van der Waals surface area contributed by atoms with Crippen LogP contribution in [0.4, 0.5) is 10.1 Å². The van der Waals surface area contributed by atoms with E-state index in [0.717, 1.165) is 0 Å². The van der Waals surface area contributed by atoms with Crippen molar-refractivity contribution in [2.75, 3.05) is 18.5 Å². The number of benzene rings is 1. The summed E-state index contributed by atoms with van der Waals surface area (Å²) in [6.07, 6.45) is 0. The monoisotopic (exact) mass is 254 g/mol. The van der Waals surface area contributed by atoms with E-state index < -0.39 is 17.9 Å². The molecule has 0 aliphatic heterocycles. The van der Waals surface area contributed by atoms with Gasteiger partial charge in [0.25, 0.3) is 0 Å². The van der Waals surface area contributed by atoms with Crippen LogP contribution >= 0.6 is 0 Å². The standard InChI is InChI=1S/C12H15FN2O3/c1-8(16)14-11(12(17)18)7-15(2)10-5-3-9(13)4-6-10/h3-6,11H,7H2,1-2H3,(H,14,16)(H,17,18). The van der Waals surface area contributed by atoms with E-state index in [1.54, 1.807) is 24.1 Å². The molecule has 0 saturated heterocycles. The summed E-state index contributed by atoms with van der Waals surface area (Å²) in [4.78, 5) is 23.5. The number of likely N-dealkylation sites (N-methyl/N-ethyl adjacent to an activating group) is 1. The van der Waals surface area contributed by atoms with Gasteiger partial charge in [-0.05, 0) is 24.3 Å². The largest absolute Gasteiger partial charge is 0.480 e. The highest BCUT2D eigenvalue weighted by Crippen LogP contribution is 2.13. The zero-order chi connectivity index (χ0) is 13.7. The summed E-state index contributed by atoms with van der Waals surface area (Å²) >= 11 is 0. The zero-order valence-corrected chi connectivity index (χ0v) is 10.2. The topological polar surface area (TPSA) is 69.6 Å². The predicted octanol–water partition coefficient (Wildman–Crippen LogP) is 0.851. The molecule has 0 bridgehead atoms. The molecule has 2 N–H and O–H groups in total. The first-order chi connectivity index (χ1) is 8.40. The number of carboxylic acid groups (broad SMARTS) is 1. The van der Waals surface area contributed by atoms with Crippen molar-refractivity contribution in [2.45, 2.75) is 13.0 Å². The minimum absolute atomic E-state index is 0.0978. The quantitative estimate of drug-likeness (QED) is 0.817. The van der Waals surface area contributed by atoms with Crippen LogP contribution in [0, 0.1) is 5.82 Å². The molecular formula is C12H15FN2O3. The molecule has 1 aromatic rings. The number of hydrogen-bond donors (Lipinski definition) is 2. The van der Waals surface area contributed by atoms with Gasteiger partial charge in [-0.3, -0.25) is 4.79 Å². The van der Waals surface area contributed by atoms with Crippen molar-refractivity contribution in [1.82, 2.24) is 5.32 Å². The van der Waals surface area contributed by atoms with Crippen molar-refractivity contribution in [3.63, 3.8) is 0 Å². The first kappa shape index (κ1) is 14.0. The molecule has 1 atom stereocenters. The third-order valence-electron chi connectivity index (χ3n) is 2.40. The van der Waals surface area contributed by atoms with E-state index in [2.05, 4.69) is 5.32 Å². The van der Waals surface area contributed by atoms with Crippen molar-refractivity contribution in [2.24, 2.45) is 0 Å². The Balaban J connectivity index is 2.71. The fourth-order valence-corrected chi connectivity index (χ4v) is 1.51. The maximum atomic E-state index is 12.7. The number of carbonyl (C=O) groups excluding carboxylic acids is 1. The molecule has 0 spiro atoms. The Morgan fingerprint density at radius 2 is 1.94 bits per heavy atom. The van der Waals surface area contributed by atoms with Gasteiger partial charge in [0.2, 0.25) is 5.91 Å². The highest BCUT2D eigenvalue weighted by atomic mass is 19.1. The van der Waals surface area contributed by atoms with Crippen LogP contribution in [0.1, 0.15) is 6.92 Å². The van der Waals surface area contributed by atoms with Gasteiger partial charge in [0.1, 0.15) is 11.9 Å². The molecule has 5 nitrogen and oxygen atoms in total. The number of halogens is 1. The lowest BCUT2D eigenvalue weighted by molar-refractivity contribution is -0.141. The molecule has 0 fully saturated rings. The van der Waals surface area contributed by atoms with Gasteiger partial charge < -0.3 is 15.3 Å². The summed E-state index contributed by atoms with van der Waals surface area (Å²) in [6.45, 7) is 1.36. The van der Waals surface area contributed by atoms with E-state index in [9.17, 15) is 14.0 Å². The van der Waals surface area contributed by atoms with Crippen LogP contribution < -0.4 is 10.2 Å². The smallest absolute Gasteiger partial charge is 0.328 e. The second kappa shape index (κ2) is 6.00. The van der Waals surface area contributed by atoms with E-state index in [4.69, 9.17) is 5.11 Å². The fraction of sp³-hybridized carbons (Fsp3) is 0.333. The van der Waals surface area contributed by atoms with Gasteiger partial charge >= 0.3 is 5.97 Å². The van der Waals surface area contributed by atoms with Gasteiger partial charge in [0.15, 0.2) is 0 Å². The van der Waals surface area contributed by atoms with Crippen molar-refractivity contribution < 1.29 is 19.1 Å². The van der Waals surface area contributed by atoms with Crippen molar-refractivity contribution >= 4 is 17.6 Å². The van der Waals surface area contributed by atoms with E-state index in [-0.39, 0.29) is 12.4 Å². The lowest BCUT2D eigenvalue weighted by Crippen LogP contribution is -2.47. The van der Waals surface area contributed by atoms with Crippen LogP contribution in [0.3, 0.4) is 0 Å². The minimum atomic E-state index is -1.11. The number of carboxylic acids is 1. The van der Waals surface area contributed by atoms with Crippen LogP contribution in [0.5, 0.6) is 0 Å². The molecule has 1 rings (SSSR count). The molecule has 0 heterocycles. The molecule has 0 radical (unpaired) electrons. The van der Waals surface area contributed by atoms with Crippen LogP contribution in [-0.4, -0.2) is 36.6 Å². The number of amides is 1. The molecule has 0 aliphatic carbocycles. The number of carbonyl (C=O) groups is 2. The third-order valence-corrected chi connectivity index (χ3v) is 2.40. The summed E-state index contributed by atoms with van der Waals surface area (Å²) in [5.41, 5.74) is 0.674. The first-order valence-electron chi connectivity index (χ1n) is 5.36. The average Bonchev–Trinajstić information content (AvgIpc) is 2.28. The normalized spacial score (nSPS) is 11.7. The Labute approximate surface area is 104 Å². The number of rotatable bonds is 5. The Morgan fingerprint density at radius 1 is 1.39 bits per heavy atom. The Hall–Kier alpha value is -2.11. The predicted molar refractivity (Wildman–Crippen MR) is 64.9 cm³/mol. The summed E-state index contributed by atoms with van der Waals surface area (Å²) in [6, 6.07) is 4.67. The van der Waals surface area contributed by atoms with Gasteiger partial charge in [-0.15, -0.1) is 0 Å². The van der Waals surface area contributed by atoms with Gasteiger partial charge in [-0.1, -0.05) is 0 Å². The molecular weight excluding hydrogens is 239 g/mol. The van der Waals surface area contributed by atoms with E-state index in [1.165, 1.54) is 19.1 Å². The number of nitrogens with one attached hydrogen (secondary N) is 1. The number of hydrogen-bond acceptors (Lipinski definition) is 3. The first-order valence-corrected chi connectivity index (χ1v) is 5.36. The van der Waals surface area contributed by atoms with Crippen LogP contribution in [0.2, 0.25) is 0 Å². The van der Waals surface area contributed by atoms with Crippen molar-refractivity contribution in [3.8, 4) is 0 Å². The fourth-order valence-electron chi connectivity index (χ4n) is 1.51. The Morgan fingerprint density at radius 3 is 2.39 bits per heavy atom. The van der Waals surface area contributed by atoms with E-state index in [0.29, 0.717) is 5.69 Å². The van der Waals surface area contributed by atoms with Crippen LogP contribution in [0.25, 0.3) is 0 Å². The van der Waals surface area contributed by atoms with Gasteiger partial charge in [0.05, 0.1) is 0 Å². The van der Waals surface area contributed by atoms with Gasteiger partial charge in [-0.2, -0.15) is 0 Å². The molecule has 18 heavy (non-hydrogen) atoms. The van der Waals surface area contributed by atoms with Crippen molar-refractivity contribution in [1.29, 1.82) is 0 Å². The zero-order valence-electron chi connectivity index (χ0n) is 10.2. The lowest BCUT2D eigenvalue weighted by Gasteiger charge is -2.23.